The molecule has 0 aliphatic carbocycles. The molecular weight excluding hydrogens is 357 g/mol. The van der Waals surface area contributed by atoms with Crippen LogP contribution >= 0.6 is 11.3 Å². The molecule has 26 heavy (non-hydrogen) atoms. The predicted octanol–water partition coefficient (Wildman–Crippen LogP) is -1.50. The Hall–Kier alpha value is -2.07. The van der Waals surface area contributed by atoms with Gasteiger partial charge in [-0.1, -0.05) is 23.5 Å². The normalized spacial score (nSPS) is 21.9. The first-order valence-electron chi connectivity index (χ1n) is 8.73. The highest BCUT2D eigenvalue weighted by Crippen LogP contribution is 2.34. The number of aromatic nitrogens is 3. The van der Waals surface area contributed by atoms with Crippen LogP contribution in [0.25, 0.3) is 4.96 Å². The average molecular weight is 379 g/mol. The zero-order chi connectivity index (χ0) is 18.1. The Balaban J connectivity index is 1.71. The van der Waals surface area contributed by atoms with E-state index in [1.54, 1.807) is 12.1 Å². The molecule has 0 unspecified atom stereocenters. The molecule has 0 bridgehead atoms. The fourth-order valence-electron chi connectivity index (χ4n) is 3.76. The molecule has 1 fully saturated rings. The molecule has 0 saturated carbocycles. The second kappa shape index (κ2) is 7.28. The van der Waals surface area contributed by atoms with Crippen LogP contribution in [0.15, 0.2) is 30.6 Å². The quantitative estimate of drug-likeness (QED) is 0.435. The SMILES string of the molecule is OCC[NH+]1CC[NH+]([C@H](c2cccc(F)c2)c2sc3ncnn3c2O)CC1. The maximum atomic E-state index is 13.9. The van der Waals surface area contributed by atoms with Gasteiger partial charge in [0.1, 0.15) is 49.7 Å². The summed E-state index contributed by atoms with van der Waals surface area (Å²) in [4.78, 5) is 8.21. The lowest BCUT2D eigenvalue weighted by Crippen LogP contribution is -3.28. The highest BCUT2D eigenvalue weighted by Gasteiger charge is 2.36. The van der Waals surface area contributed by atoms with Crippen molar-refractivity contribution in [3.8, 4) is 5.88 Å². The van der Waals surface area contributed by atoms with E-state index in [1.165, 1.54) is 38.0 Å². The van der Waals surface area contributed by atoms with Crippen LogP contribution in [-0.2, 0) is 0 Å². The van der Waals surface area contributed by atoms with Crippen molar-refractivity contribution in [3.05, 3.63) is 46.9 Å². The summed E-state index contributed by atoms with van der Waals surface area (Å²) in [6.07, 6.45) is 1.41. The summed E-state index contributed by atoms with van der Waals surface area (Å²) in [5.74, 6) is -0.204. The van der Waals surface area contributed by atoms with Gasteiger partial charge in [-0.25, -0.2) is 9.37 Å². The van der Waals surface area contributed by atoms with Gasteiger partial charge in [0, 0.05) is 5.56 Å². The Labute approximate surface area is 153 Å². The molecule has 0 amide bonds. The number of fused-ring (bicyclic) bond motifs is 1. The lowest BCUT2D eigenvalue weighted by molar-refractivity contribution is -1.02. The summed E-state index contributed by atoms with van der Waals surface area (Å²) in [6.45, 7) is 4.56. The highest BCUT2D eigenvalue weighted by atomic mass is 32.1. The Kier molecular flexibility index (Phi) is 4.86. The number of quaternary nitrogens is 2. The fraction of sp³-hybridized carbons (Fsp3) is 0.412. The minimum Gasteiger partial charge on any atom is -0.492 e. The van der Waals surface area contributed by atoms with Crippen molar-refractivity contribution in [2.45, 2.75) is 6.04 Å². The van der Waals surface area contributed by atoms with Gasteiger partial charge >= 0.3 is 0 Å². The largest absolute Gasteiger partial charge is 0.492 e. The van der Waals surface area contributed by atoms with Crippen molar-refractivity contribution in [1.29, 1.82) is 0 Å². The van der Waals surface area contributed by atoms with E-state index in [1.807, 2.05) is 6.07 Å². The molecular formula is C17H22FN5O2S+2. The molecule has 1 atom stereocenters. The summed E-state index contributed by atoms with van der Waals surface area (Å²) in [5, 5.41) is 23.9. The number of aliphatic hydroxyl groups excluding tert-OH is 1. The van der Waals surface area contributed by atoms with Gasteiger partial charge in [-0.05, 0) is 12.1 Å². The lowest BCUT2D eigenvalue weighted by atomic mass is 10.0. The first kappa shape index (κ1) is 17.3. The molecule has 3 aromatic rings. The molecule has 1 aliphatic heterocycles. The number of hydrogen-bond donors (Lipinski definition) is 4. The minimum absolute atomic E-state index is 0.0781. The minimum atomic E-state index is -0.282. The van der Waals surface area contributed by atoms with Crippen molar-refractivity contribution in [2.24, 2.45) is 0 Å². The number of thiazole rings is 1. The smallest absolute Gasteiger partial charge is 0.235 e. The van der Waals surface area contributed by atoms with Crippen LogP contribution in [0.2, 0.25) is 0 Å². The van der Waals surface area contributed by atoms with Crippen molar-refractivity contribution in [3.63, 3.8) is 0 Å². The molecule has 1 aromatic carbocycles. The van der Waals surface area contributed by atoms with E-state index in [0.717, 1.165) is 43.2 Å². The molecule has 2 aromatic heterocycles. The molecule has 3 heterocycles. The van der Waals surface area contributed by atoms with Crippen molar-refractivity contribution >= 4 is 16.3 Å². The zero-order valence-corrected chi connectivity index (χ0v) is 15.0. The van der Waals surface area contributed by atoms with Gasteiger partial charge in [-0.2, -0.15) is 9.61 Å². The van der Waals surface area contributed by atoms with Crippen LogP contribution in [0.5, 0.6) is 5.88 Å². The first-order valence-corrected chi connectivity index (χ1v) is 9.55. The van der Waals surface area contributed by atoms with E-state index in [2.05, 4.69) is 10.1 Å². The second-order valence-corrected chi connectivity index (χ2v) is 7.62. The summed E-state index contributed by atoms with van der Waals surface area (Å²) in [5.41, 5.74) is 0.838. The fourth-order valence-corrected chi connectivity index (χ4v) is 4.88. The number of nitrogens with zero attached hydrogens (tertiary/aromatic N) is 3. The van der Waals surface area contributed by atoms with Gasteiger partial charge in [-0.15, -0.1) is 0 Å². The summed E-state index contributed by atoms with van der Waals surface area (Å²) < 4.78 is 15.3. The van der Waals surface area contributed by atoms with Crippen molar-refractivity contribution in [1.82, 2.24) is 14.6 Å². The summed E-state index contributed by atoms with van der Waals surface area (Å²) in [6, 6.07) is 6.42. The number of nitrogens with one attached hydrogen (secondary N) is 2. The lowest BCUT2D eigenvalue weighted by Gasteiger charge is -2.34. The molecule has 9 heteroatoms. The maximum absolute atomic E-state index is 13.9. The van der Waals surface area contributed by atoms with Crippen LogP contribution in [0.3, 0.4) is 0 Å². The van der Waals surface area contributed by atoms with Gasteiger partial charge in [0.15, 0.2) is 6.04 Å². The predicted molar refractivity (Wildman–Crippen MR) is 94.1 cm³/mol. The van der Waals surface area contributed by atoms with E-state index < -0.39 is 0 Å². The van der Waals surface area contributed by atoms with E-state index in [4.69, 9.17) is 5.11 Å². The van der Waals surface area contributed by atoms with Crippen LogP contribution in [0.1, 0.15) is 16.5 Å². The Bertz CT molecular complexity index is 890. The van der Waals surface area contributed by atoms with E-state index in [9.17, 15) is 9.50 Å². The van der Waals surface area contributed by atoms with Crippen molar-refractivity contribution in [2.75, 3.05) is 39.3 Å². The third-order valence-corrected chi connectivity index (χ3v) is 6.15. The number of aliphatic hydroxyl groups is 1. The van der Waals surface area contributed by atoms with E-state index in [0.29, 0.717) is 4.96 Å². The Morgan fingerprint density at radius 1 is 1.27 bits per heavy atom. The van der Waals surface area contributed by atoms with Crippen LogP contribution < -0.4 is 9.80 Å². The van der Waals surface area contributed by atoms with Gasteiger partial charge in [0.05, 0.1) is 6.61 Å². The number of halogens is 1. The standard InChI is InChI=1S/C17H20FN5O2S/c18-13-3-1-2-12(10-13)14(22-6-4-21(5-7-22)8-9-24)15-16(25)23-17(26-15)19-11-20-23/h1-3,10-11,14,24-25H,4-9H2/p+2/t14-/m1/s1. The van der Waals surface area contributed by atoms with Crippen LogP contribution in [-0.4, -0.2) is 64.1 Å². The summed E-state index contributed by atoms with van der Waals surface area (Å²) >= 11 is 1.39. The summed E-state index contributed by atoms with van der Waals surface area (Å²) in [7, 11) is 0. The second-order valence-electron chi connectivity index (χ2n) is 6.61. The first-order chi connectivity index (χ1) is 12.7. The highest BCUT2D eigenvalue weighted by molar-refractivity contribution is 7.17. The number of rotatable bonds is 5. The molecule has 1 aliphatic rings. The van der Waals surface area contributed by atoms with Crippen LogP contribution in [0.4, 0.5) is 4.39 Å². The van der Waals surface area contributed by atoms with Crippen molar-refractivity contribution < 1.29 is 24.4 Å². The number of piperazine rings is 1. The van der Waals surface area contributed by atoms with Crippen LogP contribution in [0, 0.1) is 5.82 Å². The molecule has 4 N–H and O–H groups in total. The Morgan fingerprint density at radius 2 is 2.08 bits per heavy atom. The average Bonchev–Trinajstić information content (AvgIpc) is 3.21. The molecule has 7 nitrogen and oxygen atoms in total. The topological polar surface area (TPSA) is 79.5 Å². The molecule has 4 rings (SSSR count). The molecule has 0 spiro atoms. The zero-order valence-electron chi connectivity index (χ0n) is 14.2. The Morgan fingerprint density at radius 3 is 2.77 bits per heavy atom. The van der Waals surface area contributed by atoms with Gasteiger partial charge < -0.3 is 20.0 Å². The molecule has 138 valence electrons. The number of hydrogen-bond acceptors (Lipinski definition) is 5. The number of benzene rings is 1. The van der Waals surface area contributed by atoms with Gasteiger partial charge in [-0.3, -0.25) is 0 Å². The number of aromatic hydroxyl groups is 1. The van der Waals surface area contributed by atoms with Gasteiger partial charge in [0.25, 0.3) is 0 Å². The third-order valence-electron chi connectivity index (χ3n) is 5.06. The van der Waals surface area contributed by atoms with E-state index >= 15 is 0 Å². The monoisotopic (exact) mass is 379 g/mol. The molecule has 0 radical (unpaired) electrons. The molecule has 1 saturated heterocycles. The van der Waals surface area contributed by atoms with E-state index in [-0.39, 0.29) is 24.3 Å². The van der Waals surface area contributed by atoms with Gasteiger partial charge in [0.2, 0.25) is 10.8 Å². The third kappa shape index (κ3) is 3.18. The maximum Gasteiger partial charge on any atom is 0.235 e.